The highest BCUT2D eigenvalue weighted by molar-refractivity contribution is 5.44. The van der Waals surface area contributed by atoms with Crippen LogP contribution in [0.15, 0.2) is 42.5 Å². The van der Waals surface area contributed by atoms with Crippen LogP contribution in [-0.4, -0.2) is 28.9 Å². The number of ether oxygens (including phenoxy) is 3. The zero-order chi connectivity index (χ0) is 21.7. The lowest BCUT2D eigenvalue weighted by atomic mass is 9.87. The van der Waals surface area contributed by atoms with Crippen LogP contribution < -0.4 is 19.9 Å². The summed E-state index contributed by atoms with van der Waals surface area (Å²) in [6.45, 7) is 9.31. The second kappa shape index (κ2) is 9.17. The normalized spacial score (nSPS) is 12.5. The van der Waals surface area contributed by atoms with E-state index in [2.05, 4.69) is 48.1 Å². The van der Waals surface area contributed by atoms with E-state index in [0.717, 1.165) is 11.3 Å². The molecule has 2 aromatic carbocycles. The Morgan fingerprint density at radius 2 is 1.77 bits per heavy atom. The topological polar surface area (TPSA) is 95.3 Å². The van der Waals surface area contributed by atoms with E-state index in [9.17, 15) is 0 Å². The molecule has 0 bridgehead atoms. The Morgan fingerprint density at radius 3 is 2.40 bits per heavy atom. The van der Waals surface area contributed by atoms with Gasteiger partial charge < -0.3 is 19.9 Å². The number of rotatable bonds is 8. The van der Waals surface area contributed by atoms with Gasteiger partial charge in [-0.1, -0.05) is 39.0 Å². The van der Waals surface area contributed by atoms with Gasteiger partial charge in [0.05, 0.1) is 19.8 Å². The highest BCUT2D eigenvalue weighted by atomic mass is 16.5. The van der Waals surface area contributed by atoms with Crippen LogP contribution in [0.1, 0.15) is 56.5 Å². The van der Waals surface area contributed by atoms with E-state index in [1.807, 2.05) is 37.3 Å². The average Bonchev–Trinajstić information content (AvgIpc) is 3.21. The fourth-order valence-electron chi connectivity index (χ4n) is 3.02. The zero-order valence-electron chi connectivity index (χ0n) is 18.2. The molecule has 0 aliphatic heterocycles. The van der Waals surface area contributed by atoms with E-state index >= 15 is 0 Å². The molecular formula is C23H30N4O3. The second-order valence-corrected chi connectivity index (χ2v) is 8.02. The maximum Gasteiger partial charge on any atom is 0.172 e. The van der Waals surface area contributed by atoms with Gasteiger partial charge in [-0.15, -0.1) is 0 Å². The molecule has 0 aliphatic carbocycles. The summed E-state index contributed by atoms with van der Waals surface area (Å²) in [5.41, 5.74) is 8.56. The summed E-state index contributed by atoms with van der Waals surface area (Å²) in [5.74, 6) is 3.18. The molecular weight excluding hydrogens is 380 g/mol. The minimum absolute atomic E-state index is 0.109. The largest absolute Gasteiger partial charge is 0.493 e. The second-order valence-electron chi connectivity index (χ2n) is 8.02. The lowest BCUT2D eigenvalue weighted by Crippen LogP contribution is -2.14. The Hall–Kier alpha value is -3.06. The van der Waals surface area contributed by atoms with Gasteiger partial charge in [0.15, 0.2) is 23.1 Å². The Balaban J connectivity index is 1.65. The number of hydrogen-bond acceptors (Lipinski definition) is 6. The fraction of sp³-hybridized carbons (Fsp3) is 0.391. The average molecular weight is 411 g/mol. The molecule has 160 valence electrons. The van der Waals surface area contributed by atoms with Gasteiger partial charge in [-0.2, -0.15) is 5.10 Å². The monoisotopic (exact) mass is 410 g/mol. The maximum absolute atomic E-state index is 6.36. The van der Waals surface area contributed by atoms with Crippen molar-refractivity contribution in [2.45, 2.75) is 45.8 Å². The summed E-state index contributed by atoms with van der Waals surface area (Å²) < 4.78 is 16.8. The Bertz CT molecular complexity index is 961. The van der Waals surface area contributed by atoms with E-state index in [4.69, 9.17) is 19.9 Å². The predicted octanol–water partition coefficient (Wildman–Crippen LogP) is 4.14. The van der Waals surface area contributed by atoms with Gasteiger partial charge in [0.2, 0.25) is 0 Å². The number of nitrogens with two attached hydrogens (primary N) is 1. The van der Waals surface area contributed by atoms with Crippen LogP contribution in [-0.2, 0) is 12.0 Å². The maximum atomic E-state index is 6.36. The van der Waals surface area contributed by atoms with Crippen LogP contribution in [0.4, 0.5) is 0 Å². The minimum Gasteiger partial charge on any atom is -0.493 e. The number of hydrogen-bond donors (Lipinski definition) is 2. The molecule has 3 rings (SSSR count). The highest BCUT2D eigenvalue weighted by Crippen LogP contribution is 2.31. The van der Waals surface area contributed by atoms with E-state index in [1.54, 1.807) is 7.11 Å². The molecule has 0 saturated heterocycles. The van der Waals surface area contributed by atoms with Crippen LogP contribution in [0, 0.1) is 0 Å². The van der Waals surface area contributed by atoms with Crippen LogP contribution in [0.5, 0.6) is 17.2 Å². The first-order valence-corrected chi connectivity index (χ1v) is 10.0. The van der Waals surface area contributed by atoms with Gasteiger partial charge in [0, 0.05) is 0 Å². The molecule has 1 atom stereocenters. The van der Waals surface area contributed by atoms with E-state index in [0.29, 0.717) is 29.8 Å². The molecule has 0 spiro atoms. The van der Waals surface area contributed by atoms with Gasteiger partial charge in [-0.25, -0.2) is 4.98 Å². The molecule has 30 heavy (non-hydrogen) atoms. The van der Waals surface area contributed by atoms with E-state index < -0.39 is 6.04 Å². The fourth-order valence-corrected chi connectivity index (χ4v) is 3.02. The van der Waals surface area contributed by atoms with Crippen LogP contribution in [0.2, 0.25) is 0 Å². The number of aromatic amines is 1. The highest BCUT2D eigenvalue weighted by Gasteiger charge is 2.17. The summed E-state index contributed by atoms with van der Waals surface area (Å²) in [6.07, 6.45) is 0. The predicted molar refractivity (Wildman–Crippen MR) is 116 cm³/mol. The van der Waals surface area contributed by atoms with Crippen molar-refractivity contribution in [2.75, 3.05) is 13.7 Å². The summed E-state index contributed by atoms with van der Waals surface area (Å²) in [5, 5.41) is 7.15. The Labute approximate surface area is 177 Å². The molecule has 0 amide bonds. The molecule has 1 unspecified atom stereocenters. The number of nitrogens with zero attached hydrogens (tertiary/aromatic N) is 2. The first-order chi connectivity index (χ1) is 14.3. The molecule has 7 nitrogen and oxygen atoms in total. The third-order valence-corrected chi connectivity index (χ3v) is 4.77. The summed E-state index contributed by atoms with van der Waals surface area (Å²) in [6, 6.07) is 13.2. The first kappa shape index (κ1) is 21.6. The van der Waals surface area contributed by atoms with Crippen LogP contribution >= 0.6 is 0 Å². The number of nitrogens with one attached hydrogen (secondary N) is 1. The Kier molecular flexibility index (Phi) is 6.62. The molecule has 3 N–H and O–H groups in total. The third kappa shape index (κ3) is 5.10. The molecule has 3 aromatic rings. The van der Waals surface area contributed by atoms with Gasteiger partial charge >= 0.3 is 0 Å². The van der Waals surface area contributed by atoms with Gasteiger partial charge in [-0.3, -0.25) is 5.10 Å². The van der Waals surface area contributed by atoms with Gasteiger partial charge in [-0.05, 0) is 47.7 Å². The molecule has 7 heteroatoms. The van der Waals surface area contributed by atoms with Crippen molar-refractivity contribution >= 4 is 0 Å². The lowest BCUT2D eigenvalue weighted by Gasteiger charge is -2.19. The number of methoxy groups -OCH3 is 1. The van der Waals surface area contributed by atoms with Crippen molar-refractivity contribution in [2.24, 2.45) is 5.73 Å². The van der Waals surface area contributed by atoms with Crippen LogP contribution in [0.25, 0.3) is 0 Å². The molecule has 0 aliphatic rings. The number of H-pyrrole nitrogens is 1. The number of aromatic nitrogens is 3. The quantitative estimate of drug-likeness (QED) is 0.580. The van der Waals surface area contributed by atoms with Gasteiger partial charge in [0.1, 0.15) is 12.4 Å². The van der Waals surface area contributed by atoms with Crippen molar-refractivity contribution in [3.8, 4) is 17.2 Å². The lowest BCUT2D eigenvalue weighted by molar-refractivity contribution is 0.296. The van der Waals surface area contributed by atoms with E-state index in [1.165, 1.54) is 5.56 Å². The van der Waals surface area contributed by atoms with Gasteiger partial charge in [0.25, 0.3) is 0 Å². The minimum atomic E-state index is -0.495. The smallest absolute Gasteiger partial charge is 0.172 e. The molecule has 1 aromatic heterocycles. The summed E-state index contributed by atoms with van der Waals surface area (Å²) in [7, 11) is 1.60. The summed E-state index contributed by atoms with van der Waals surface area (Å²) >= 11 is 0. The van der Waals surface area contributed by atoms with Crippen molar-refractivity contribution < 1.29 is 14.2 Å². The Morgan fingerprint density at radius 1 is 1.03 bits per heavy atom. The standard InChI is InChI=1S/C23H30N4O3/c1-6-29-18-12-7-15(13-19(18)28-5)21(24)22-25-20(26-27-22)14-30-17-10-8-16(9-11-17)23(2,3)4/h7-13,21H,6,14,24H2,1-5H3,(H,25,26,27). The first-order valence-electron chi connectivity index (χ1n) is 10.0. The van der Waals surface area contributed by atoms with E-state index in [-0.39, 0.29) is 12.0 Å². The zero-order valence-corrected chi connectivity index (χ0v) is 18.2. The SMILES string of the molecule is CCOc1ccc(C(N)c2n[nH]c(COc3ccc(C(C)(C)C)cc3)n2)cc1OC. The third-order valence-electron chi connectivity index (χ3n) is 4.77. The molecule has 0 fully saturated rings. The summed E-state index contributed by atoms with van der Waals surface area (Å²) in [4.78, 5) is 4.48. The molecule has 1 heterocycles. The van der Waals surface area contributed by atoms with Crippen molar-refractivity contribution in [3.05, 3.63) is 65.2 Å². The molecule has 0 saturated carbocycles. The number of benzene rings is 2. The van der Waals surface area contributed by atoms with Crippen molar-refractivity contribution in [1.29, 1.82) is 0 Å². The van der Waals surface area contributed by atoms with Crippen molar-refractivity contribution in [1.82, 2.24) is 15.2 Å². The molecule has 0 radical (unpaired) electrons. The van der Waals surface area contributed by atoms with Crippen LogP contribution in [0.3, 0.4) is 0 Å². The van der Waals surface area contributed by atoms with Crippen molar-refractivity contribution in [3.63, 3.8) is 0 Å².